The Hall–Kier alpha value is -2.78. The van der Waals surface area contributed by atoms with Crippen LogP contribution in [-0.2, 0) is 16.4 Å². The van der Waals surface area contributed by atoms with Crippen LogP contribution >= 0.6 is 11.3 Å². The van der Waals surface area contributed by atoms with Gasteiger partial charge in [-0.25, -0.2) is 17.8 Å². The highest BCUT2D eigenvalue weighted by Crippen LogP contribution is 2.37. The Kier molecular flexibility index (Phi) is 4.87. The summed E-state index contributed by atoms with van der Waals surface area (Å²) < 4.78 is 39.3. The monoisotopic (exact) mass is 431 g/mol. The molecule has 0 aliphatic carbocycles. The predicted octanol–water partition coefficient (Wildman–Crippen LogP) is 3.91. The number of benzene rings is 2. The van der Waals surface area contributed by atoms with Gasteiger partial charge in [0.2, 0.25) is 10.0 Å². The van der Waals surface area contributed by atoms with E-state index in [9.17, 15) is 17.6 Å². The standard InChI is InChI=1S/C20H18FN3O3S2/c1-12-9-14-10-13(7-8-18(14)24(12)29(2,26)27)17-11-28-20(22-17)23-19(25)15-5-3-4-6-16(15)21/h3-8,10-12H,9H2,1-2H3,(H,22,23,25). The number of hydrogen-bond donors (Lipinski definition) is 1. The molecule has 9 heteroatoms. The van der Waals surface area contributed by atoms with Gasteiger partial charge in [-0.05, 0) is 43.2 Å². The molecule has 1 aliphatic heterocycles. The molecule has 0 saturated carbocycles. The minimum Gasteiger partial charge on any atom is -0.298 e. The number of hydrogen-bond acceptors (Lipinski definition) is 5. The van der Waals surface area contributed by atoms with Crippen molar-refractivity contribution in [3.63, 3.8) is 0 Å². The van der Waals surface area contributed by atoms with E-state index in [2.05, 4.69) is 10.3 Å². The summed E-state index contributed by atoms with van der Waals surface area (Å²) in [6.07, 6.45) is 1.83. The van der Waals surface area contributed by atoms with Gasteiger partial charge in [-0.3, -0.25) is 14.4 Å². The molecule has 1 aromatic heterocycles. The molecule has 0 bridgehead atoms. The maximum absolute atomic E-state index is 13.8. The number of aromatic nitrogens is 1. The number of carbonyl (C=O) groups is 1. The van der Waals surface area contributed by atoms with Crippen molar-refractivity contribution in [3.8, 4) is 11.3 Å². The van der Waals surface area contributed by atoms with Crippen molar-refractivity contribution in [1.82, 2.24) is 4.98 Å². The summed E-state index contributed by atoms with van der Waals surface area (Å²) >= 11 is 1.24. The van der Waals surface area contributed by atoms with Gasteiger partial charge < -0.3 is 0 Å². The summed E-state index contributed by atoms with van der Waals surface area (Å²) in [5, 5.41) is 4.77. The lowest BCUT2D eigenvalue weighted by atomic mass is 10.1. The Morgan fingerprint density at radius 2 is 2.03 bits per heavy atom. The van der Waals surface area contributed by atoms with Gasteiger partial charge in [0.15, 0.2) is 5.13 Å². The Balaban J connectivity index is 1.57. The van der Waals surface area contributed by atoms with E-state index in [1.807, 2.05) is 19.1 Å². The molecule has 0 spiro atoms. The average molecular weight is 432 g/mol. The summed E-state index contributed by atoms with van der Waals surface area (Å²) in [6.45, 7) is 1.87. The minimum absolute atomic E-state index is 0.0448. The van der Waals surface area contributed by atoms with E-state index in [0.717, 1.165) is 11.1 Å². The molecule has 4 rings (SSSR count). The SMILES string of the molecule is CC1Cc2cc(-c3csc(NC(=O)c4ccccc4F)n3)ccc2N1S(C)(=O)=O. The number of rotatable bonds is 4. The Morgan fingerprint density at radius 1 is 1.28 bits per heavy atom. The topological polar surface area (TPSA) is 79.4 Å². The van der Waals surface area contributed by atoms with Gasteiger partial charge in [0.05, 0.1) is 23.2 Å². The van der Waals surface area contributed by atoms with E-state index < -0.39 is 21.7 Å². The lowest BCUT2D eigenvalue weighted by Gasteiger charge is -2.21. The van der Waals surface area contributed by atoms with Crippen molar-refractivity contribution < 1.29 is 17.6 Å². The number of anilines is 2. The largest absolute Gasteiger partial charge is 0.298 e. The van der Waals surface area contributed by atoms with Crippen molar-refractivity contribution in [2.24, 2.45) is 0 Å². The quantitative estimate of drug-likeness (QED) is 0.679. The number of halogens is 1. The Bertz CT molecular complexity index is 1210. The van der Waals surface area contributed by atoms with Crippen LogP contribution in [0, 0.1) is 5.82 Å². The number of thiazole rings is 1. The van der Waals surface area contributed by atoms with E-state index in [1.54, 1.807) is 17.5 Å². The zero-order valence-electron chi connectivity index (χ0n) is 15.7. The van der Waals surface area contributed by atoms with Crippen LogP contribution in [-0.4, -0.2) is 31.6 Å². The van der Waals surface area contributed by atoms with Crippen molar-refractivity contribution in [3.05, 3.63) is 64.8 Å². The number of amides is 1. The van der Waals surface area contributed by atoms with E-state index >= 15 is 0 Å². The first-order chi connectivity index (χ1) is 13.7. The highest BCUT2D eigenvalue weighted by atomic mass is 32.2. The first kappa shape index (κ1) is 19.5. The maximum Gasteiger partial charge on any atom is 0.260 e. The number of nitrogens with one attached hydrogen (secondary N) is 1. The van der Waals surface area contributed by atoms with Crippen LogP contribution in [0.1, 0.15) is 22.8 Å². The van der Waals surface area contributed by atoms with E-state index in [-0.39, 0.29) is 11.6 Å². The predicted molar refractivity (Wildman–Crippen MR) is 112 cm³/mol. The third-order valence-electron chi connectivity index (χ3n) is 4.73. The van der Waals surface area contributed by atoms with Gasteiger partial charge in [0.1, 0.15) is 5.82 Å². The number of nitrogens with zero attached hydrogens (tertiary/aromatic N) is 2. The second-order valence-electron chi connectivity index (χ2n) is 6.93. The number of sulfonamides is 1. The fourth-order valence-corrected chi connectivity index (χ4v) is 5.52. The Morgan fingerprint density at radius 3 is 2.76 bits per heavy atom. The van der Waals surface area contributed by atoms with Crippen LogP contribution in [0.25, 0.3) is 11.3 Å². The van der Waals surface area contributed by atoms with Crippen molar-refractivity contribution in [1.29, 1.82) is 0 Å². The fourth-order valence-electron chi connectivity index (χ4n) is 3.54. The average Bonchev–Trinajstić information content (AvgIpc) is 3.24. The minimum atomic E-state index is -3.34. The molecular formula is C20H18FN3O3S2. The van der Waals surface area contributed by atoms with E-state index in [1.165, 1.54) is 40.1 Å². The van der Waals surface area contributed by atoms with Gasteiger partial charge in [0, 0.05) is 17.0 Å². The molecule has 0 saturated heterocycles. The molecular weight excluding hydrogens is 413 g/mol. The second kappa shape index (κ2) is 7.23. The molecule has 0 fully saturated rings. The molecule has 1 aliphatic rings. The van der Waals surface area contributed by atoms with Crippen LogP contribution in [0.15, 0.2) is 47.8 Å². The number of fused-ring (bicyclic) bond motifs is 1. The maximum atomic E-state index is 13.8. The van der Waals surface area contributed by atoms with Crippen molar-refractivity contribution >= 4 is 38.1 Å². The molecule has 2 heterocycles. The fraction of sp³-hybridized carbons (Fsp3) is 0.200. The highest BCUT2D eigenvalue weighted by Gasteiger charge is 2.32. The van der Waals surface area contributed by atoms with Crippen LogP contribution in [0.2, 0.25) is 0 Å². The van der Waals surface area contributed by atoms with Gasteiger partial charge in [-0.15, -0.1) is 11.3 Å². The normalized spacial score (nSPS) is 16.0. The molecule has 0 radical (unpaired) electrons. The van der Waals surface area contributed by atoms with Gasteiger partial charge >= 0.3 is 0 Å². The molecule has 3 aromatic rings. The number of carbonyl (C=O) groups excluding carboxylic acids is 1. The first-order valence-electron chi connectivity index (χ1n) is 8.88. The van der Waals surface area contributed by atoms with E-state index in [4.69, 9.17) is 0 Å². The lowest BCUT2D eigenvalue weighted by molar-refractivity contribution is 0.102. The van der Waals surface area contributed by atoms with Crippen molar-refractivity contribution in [2.75, 3.05) is 15.9 Å². The molecule has 1 amide bonds. The summed E-state index contributed by atoms with van der Waals surface area (Å²) in [4.78, 5) is 16.7. The second-order valence-corrected chi connectivity index (χ2v) is 9.64. The van der Waals surface area contributed by atoms with Crippen LogP contribution in [0.4, 0.5) is 15.2 Å². The smallest absolute Gasteiger partial charge is 0.260 e. The molecule has 29 heavy (non-hydrogen) atoms. The third-order valence-corrected chi connectivity index (χ3v) is 6.76. The summed E-state index contributed by atoms with van der Waals surface area (Å²) in [5.74, 6) is -1.15. The molecule has 150 valence electrons. The van der Waals surface area contributed by atoms with Crippen LogP contribution in [0.5, 0.6) is 0 Å². The van der Waals surface area contributed by atoms with Gasteiger partial charge in [0.25, 0.3) is 5.91 Å². The molecule has 1 atom stereocenters. The van der Waals surface area contributed by atoms with Crippen LogP contribution < -0.4 is 9.62 Å². The van der Waals surface area contributed by atoms with Gasteiger partial charge in [-0.1, -0.05) is 18.2 Å². The molecule has 6 nitrogen and oxygen atoms in total. The molecule has 1 N–H and O–H groups in total. The first-order valence-corrected chi connectivity index (χ1v) is 11.6. The molecule has 1 unspecified atom stereocenters. The zero-order valence-corrected chi connectivity index (χ0v) is 17.3. The van der Waals surface area contributed by atoms with Crippen molar-refractivity contribution in [2.45, 2.75) is 19.4 Å². The third kappa shape index (κ3) is 3.75. The lowest BCUT2D eigenvalue weighted by Crippen LogP contribution is -2.34. The zero-order chi connectivity index (χ0) is 20.8. The Labute approximate surface area is 172 Å². The summed E-state index contributed by atoms with van der Waals surface area (Å²) in [5.41, 5.74) is 3.06. The summed E-state index contributed by atoms with van der Waals surface area (Å²) in [6, 6.07) is 11.1. The molecule has 2 aromatic carbocycles. The van der Waals surface area contributed by atoms with Crippen LogP contribution in [0.3, 0.4) is 0 Å². The van der Waals surface area contributed by atoms with Gasteiger partial charge in [-0.2, -0.15) is 0 Å². The highest BCUT2D eigenvalue weighted by molar-refractivity contribution is 7.92. The van der Waals surface area contributed by atoms with E-state index in [0.29, 0.717) is 22.9 Å². The summed E-state index contributed by atoms with van der Waals surface area (Å²) in [7, 11) is -3.34.